The van der Waals surface area contributed by atoms with Crippen LogP contribution in [0.5, 0.6) is 11.5 Å². The Morgan fingerprint density at radius 1 is 1.29 bits per heavy atom. The molecule has 0 saturated carbocycles. The van der Waals surface area contributed by atoms with E-state index in [0.717, 1.165) is 37.4 Å². The molecule has 1 saturated heterocycles. The molecular weight excluding hydrogens is 328 g/mol. The van der Waals surface area contributed by atoms with E-state index in [2.05, 4.69) is 10.6 Å². The molecule has 0 spiro atoms. The third kappa shape index (κ3) is 7.88. The first-order chi connectivity index (χ1) is 11.3. The summed E-state index contributed by atoms with van der Waals surface area (Å²) in [7, 11) is 1.64. The predicted molar refractivity (Wildman–Crippen MR) is 98.2 cm³/mol. The Balaban J connectivity index is 0.00000288. The maximum atomic E-state index is 11.8. The quantitative estimate of drug-likeness (QED) is 0.668. The van der Waals surface area contributed by atoms with Crippen molar-refractivity contribution in [3.05, 3.63) is 24.3 Å². The van der Waals surface area contributed by atoms with Gasteiger partial charge in [-0.05, 0) is 56.8 Å². The predicted octanol–water partition coefficient (Wildman–Crippen LogP) is 2.78. The average Bonchev–Trinajstić information content (AvgIpc) is 2.61. The Morgan fingerprint density at radius 3 is 2.79 bits per heavy atom. The van der Waals surface area contributed by atoms with Crippen LogP contribution in [0.2, 0.25) is 0 Å². The molecular formula is C18H29ClN2O3. The third-order valence-corrected chi connectivity index (χ3v) is 4.19. The van der Waals surface area contributed by atoms with Crippen molar-refractivity contribution in [1.29, 1.82) is 0 Å². The molecule has 1 aromatic rings. The normalized spacial score (nSPS) is 14.5. The van der Waals surface area contributed by atoms with Crippen molar-refractivity contribution >= 4 is 18.3 Å². The molecule has 0 unspecified atom stereocenters. The van der Waals surface area contributed by atoms with Gasteiger partial charge in [0.15, 0.2) is 0 Å². The summed E-state index contributed by atoms with van der Waals surface area (Å²) in [4.78, 5) is 11.8. The van der Waals surface area contributed by atoms with Crippen LogP contribution in [0, 0.1) is 5.92 Å². The van der Waals surface area contributed by atoms with E-state index in [1.165, 1.54) is 12.8 Å². The van der Waals surface area contributed by atoms with Gasteiger partial charge < -0.3 is 20.1 Å². The first-order valence-corrected chi connectivity index (χ1v) is 8.52. The largest absolute Gasteiger partial charge is 0.497 e. The zero-order chi connectivity index (χ0) is 16.3. The standard InChI is InChI=1S/C18H28N2O3.ClH/c1-22-16-4-2-5-17(14-16)23-13-3-10-20-18(21)7-6-15-8-11-19-12-9-15;/h2,4-5,14-15,19H,3,6-13H2,1H3,(H,20,21);1H. The van der Waals surface area contributed by atoms with Crippen LogP contribution in [-0.2, 0) is 4.79 Å². The summed E-state index contributed by atoms with van der Waals surface area (Å²) in [5.41, 5.74) is 0. The molecule has 5 nitrogen and oxygen atoms in total. The van der Waals surface area contributed by atoms with Gasteiger partial charge >= 0.3 is 0 Å². The van der Waals surface area contributed by atoms with Crippen molar-refractivity contribution in [2.45, 2.75) is 32.1 Å². The lowest BCUT2D eigenvalue weighted by atomic mass is 9.93. The molecule has 1 aliphatic rings. The maximum absolute atomic E-state index is 11.8. The number of nitrogens with one attached hydrogen (secondary N) is 2. The summed E-state index contributed by atoms with van der Waals surface area (Å²) in [5.74, 6) is 2.44. The number of halogens is 1. The minimum Gasteiger partial charge on any atom is -0.497 e. The van der Waals surface area contributed by atoms with E-state index in [9.17, 15) is 4.79 Å². The minimum atomic E-state index is 0. The van der Waals surface area contributed by atoms with Gasteiger partial charge in [0.2, 0.25) is 5.91 Å². The van der Waals surface area contributed by atoms with Crippen molar-refractivity contribution in [3.63, 3.8) is 0 Å². The SMILES string of the molecule is COc1cccc(OCCCNC(=O)CCC2CCNCC2)c1.Cl. The monoisotopic (exact) mass is 356 g/mol. The zero-order valence-electron chi connectivity index (χ0n) is 14.4. The second-order valence-corrected chi connectivity index (χ2v) is 5.96. The molecule has 0 aliphatic carbocycles. The van der Waals surface area contributed by atoms with Gasteiger partial charge in [-0.15, -0.1) is 12.4 Å². The Labute approximate surface area is 150 Å². The number of carbonyl (C=O) groups is 1. The van der Waals surface area contributed by atoms with Gasteiger partial charge in [0.25, 0.3) is 0 Å². The van der Waals surface area contributed by atoms with E-state index >= 15 is 0 Å². The van der Waals surface area contributed by atoms with Gasteiger partial charge in [0.05, 0.1) is 13.7 Å². The zero-order valence-corrected chi connectivity index (χ0v) is 15.2. The van der Waals surface area contributed by atoms with Crippen LogP contribution in [0.15, 0.2) is 24.3 Å². The Hall–Kier alpha value is -1.46. The van der Waals surface area contributed by atoms with Gasteiger partial charge in [-0.1, -0.05) is 6.07 Å². The highest BCUT2D eigenvalue weighted by Gasteiger charge is 2.14. The number of piperidine rings is 1. The number of benzene rings is 1. The Morgan fingerprint density at radius 2 is 2.04 bits per heavy atom. The topological polar surface area (TPSA) is 59.6 Å². The molecule has 0 radical (unpaired) electrons. The van der Waals surface area contributed by atoms with Crippen molar-refractivity contribution in [2.75, 3.05) is 33.4 Å². The third-order valence-electron chi connectivity index (χ3n) is 4.19. The van der Waals surface area contributed by atoms with Crippen LogP contribution in [0.4, 0.5) is 0 Å². The molecule has 24 heavy (non-hydrogen) atoms. The van der Waals surface area contributed by atoms with E-state index in [1.54, 1.807) is 7.11 Å². The van der Waals surface area contributed by atoms with Crippen LogP contribution in [0.1, 0.15) is 32.1 Å². The molecule has 1 aromatic carbocycles. The lowest BCUT2D eigenvalue weighted by Crippen LogP contribution is -2.30. The van der Waals surface area contributed by atoms with E-state index in [1.807, 2.05) is 24.3 Å². The molecule has 1 heterocycles. The maximum Gasteiger partial charge on any atom is 0.220 e. The molecule has 2 rings (SSSR count). The van der Waals surface area contributed by atoms with E-state index < -0.39 is 0 Å². The summed E-state index contributed by atoms with van der Waals surface area (Å²) >= 11 is 0. The first-order valence-electron chi connectivity index (χ1n) is 8.52. The molecule has 6 heteroatoms. The highest BCUT2D eigenvalue weighted by Crippen LogP contribution is 2.19. The number of amides is 1. The van der Waals surface area contributed by atoms with Crippen LogP contribution in [0.3, 0.4) is 0 Å². The fourth-order valence-electron chi connectivity index (χ4n) is 2.77. The summed E-state index contributed by atoms with van der Waals surface area (Å²) in [5, 5.41) is 6.32. The lowest BCUT2D eigenvalue weighted by Gasteiger charge is -2.22. The molecule has 0 atom stereocenters. The van der Waals surface area contributed by atoms with Gasteiger partial charge in [-0.3, -0.25) is 4.79 Å². The number of rotatable bonds is 9. The molecule has 1 aliphatic heterocycles. The molecule has 2 N–H and O–H groups in total. The van der Waals surface area contributed by atoms with E-state index in [-0.39, 0.29) is 18.3 Å². The van der Waals surface area contributed by atoms with Crippen molar-refractivity contribution in [2.24, 2.45) is 5.92 Å². The van der Waals surface area contributed by atoms with Crippen LogP contribution < -0.4 is 20.1 Å². The minimum absolute atomic E-state index is 0. The Bertz CT molecular complexity index is 479. The first kappa shape index (κ1) is 20.6. The second-order valence-electron chi connectivity index (χ2n) is 5.96. The number of methoxy groups -OCH3 is 1. The van der Waals surface area contributed by atoms with Crippen molar-refractivity contribution in [3.8, 4) is 11.5 Å². The fourth-order valence-corrected chi connectivity index (χ4v) is 2.77. The molecule has 0 aromatic heterocycles. The molecule has 1 amide bonds. The number of hydrogen-bond donors (Lipinski definition) is 2. The number of ether oxygens (including phenoxy) is 2. The van der Waals surface area contributed by atoms with Gasteiger partial charge in [0.1, 0.15) is 11.5 Å². The number of carbonyl (C=O) groups excluding carboxylic acids is 1. The summed E-state index contributed by atoms with van der Waals surface area (Å²) in [6.07, 6.45) is 4.84. The van der Waals surface area contributed by atoms with Crippen LogP contribution in [0.25, 0.3) is 0 Å². The van der Waals surface area contributed by atoms with Crippen molar-refractivity contribution in [1.82, 2.24) is 10.6 Å². The molecule has 0 bridgehead atoms. The Kier molecular flexibility index (Phi) is 10.3. The highest BCUT2D eigenvalue weighted by atomic mass is 35.5. The van der Waals surface area contributed by atoms with Gasteiger partial charge in [-0.25, -0.2) is 0 Å². The van der Waals surface area contributed by atoms with Crippen LogP contribution >= 0.6 is 12.4 Å². The molecule has 1 fully saturated rings. The summed E-state index contributed by atoms with van der Waals surface area (Å²) in [6, 6.07) is 7.55. The molecule has 136 valence electrons. The van der Waals surface area contributed by atoms with Crippen molar-refractivity contribution < 1.29 is 14.3 Å². The van der Waals surface area contributed by atoms with Gasteiger partial charge in [0, 0.05) is 19.0 Å². The highest BCUT2D eigenvalue weighted by molar-refractivity contribution is 5.85. The van der Waals surface area contributed by atoms with E-state index in [4.69, 9.17) is 9.47 Å². The average molecular weight is 357 g/mol. The van der Waals surface area contributed by atoms with Crippen LogP contribution in [-0.4, -0.2) is 39.3 Å². The summed E-state index contributed by atoms with van der Waals surface area (Å²) < 4.78 is 10.8. The van der Waals surface area contributed by atoms with Gasteiger partial charge in [-0.2, -0.15) is 0 Å². The lowest BCUT2D eigenvalue weighted by molar-refractivity contribution is -0.121. The fraction of sp³-hybridized carbons (Fsp3) is 0.611. The summed E-state index contributed by atoms with van der Waals surface area (Å²) in [6.45, 7) is 3.43. The van der Waals surface area contributed by atoms with E-state index in [0.29, 0.717) is 25.5 Å². The number of hydrogen-bond acceptors (Lipinski definition) is 4. The smallest absolute Gasteiger partial charge is 0.220 e. The second kappa shape index (κ2) is 12.0.